The molecule has 0 radical (unpaired) electrons. The third-order valence-electron chi connectivity index (χ3n) is 2.96. The minimum absolute atomic E-state index is 0.727. The van der Waals surface area contributed by atoms with Gasteiger partial charge in [-0.2, -0.15) is 0 Å². The number of allylic oxidation sites excluding steroid dienone is 3. The summed E-state index contributed by atoms with van der Waals surface area (Å²) in [6.45, 7) is 2.26. The lowest BCUT2D eigenvalue weighted by atomic mass is 9.96. The molecule has 0 aromatic rings. The van der Waals surface area contributed by atoms with Gasteiger partial charge in [-0.3, -0.25) is 0 Å². The summed E-state index contributed by atoms with van der Waals surface area (Å²) in [4.78, 5) is 0. The summed E-state index contributed by atoms with van der Waals surface area (Å²) in [6.07, 6.45) is 13.7. The lowest BCUT2D eigenvalue weighted by molar-refractivity contribution is 0.503. The van der Waals surface area contributed by atoms with Crippen LogP contribution in [0.25, 0.3) is 0 Å². The fraction of sp³-hybridized carbons (Fsp3) is 0.692. The van der Waals surface area contributed by atoms with Gasteiger partial charge in [0.05, 0.1) is 3.94 Å². The van der Waals surface area contributed by atoms with Gasteiger partial charge in [-0.25, -0.2) is 0 Å². The van der Waals surface area contributed by atoms with Crippen LogP contribution in [0.5, 0.6) is 0 Å². The van der Waals surface area contributed by atoms with Crippen molar-refractivity contribution in [2.75, 3.05) is 0 Å². The van der Waals surface area contributed by atoms with Crippen molar-refractivity contribution in [1.82, 2.24) is 0 Å². The van der Waals surface area contributed by atoms with Crippen LogP contribution in [0.4, 0.5) is 0 Å². The number of halogens is 2. The van der Waals surface area contributed by atoms with Gasteiger partial charge < -0.3 is 0 Å². The zero-order chi connectivity index (χ0) is 11.1. The fourth-order valence-corrected chi connectivity index (χ4v) is 2.59. The molecule has 1 aliphatic rings. The first kappa shape index (κ1) is 13.3. The van der Waals surface area contributed by atoms with Crippen molar-refractivity contribution in [3.63, 3.8) is 0 Å². The Kier molecular flexibility index (Phi) is 6.67. The molecule has 0 saturated carbocycles. The normalized spacial score (nSPS) is 23.5. The number of unbranched alkanes of at least 4 members (excludes halogenated alkanes) is 1. The van der Waals surface area contributed by atoms with E-state index in [4.69, 9.17) is 11.6 Å². The van der Waals surface area contributed by atoms with Crippen LogP contribution in [0.2, 0.25) is 0 Å². The van der Waals surface area contributed by atoms with Crippen LogP contribution in [0, 0.1) is 5.92 Å². The third kappa shape index (κ3) is 5.77. The molecule has 0 aromatic heterocycles. The fourth-order valence-electron chi connectivity index (χ4n) is 2.16. The molecule has 1 unspecified atom stereocenters. The SMILES string of the molecule is CCCCC1C=C(/C=C(/Cl)Br)CCCC1. The van der Waals surface area contributed by atoms with Gasteiger partial charge in [0.1, 0.15) is 0 Å². The maximum absolute atomic E-state index is 5.85. The minimum Gasteiger partial charge on any atom is -0.0781 e. The van der Waals surface area contributed by atoms with E-state index in [0.717, 1.165) is 9.86 Å². The average Bonchev–Trinajstić information content (AvgIpc) is 2.39. The van der Waals surface area contributed by atoms with E-state index in [9.17, 15) is 0 Å². The van der Waals surface area contributed by atoms with Gasteiger partial charge in [0.15, 0.2) is 0 Å². The predicted molar refractivity (Wildman–Crippen MR) is 72.4 cm³/mol. The molecular formula is C13H20BrCl. The van der Waals surface area contributed by atoms with Crippen molar-refractivity contribution in [1.29, 1.82) is 0 Å². The predicted octanol–water partition coefficient (Wildman–Crippen LogP) is 5.77. The van der Waals surface area contributed by atoms with Gasteiger partial charge in [-0.15, -0.1) is 0 Å². The van der Waals surface area contributed by atoms with Gasteiger partial charge in [-0.05, 0) is 59.2 Å². The summed E-state index contributed by atoms with van der Waals surface area (Å²) in [5.41, 5.74) is 1.41. The topological polar surface area (TPSA) is 0 Å². The van der Waals surface area contributed by atoms with Crippen LogP contribution >= 0.6 is 27.5 Å². The van der Waals surface area contributed by atoms with Gasteiger partial charge in [0.2, 0.25) is 0 Å². The highest BCUT2D eigenvalue weighted by molar-refractivity contribution is 9.12. The summed E-state index contributed by atoms with van der Waals surface area (Å²) in [5.74, 6) is 0.780. The highest BCUT2D eigenvalue weighted by Gasteiger charge is 2.10. The van der Waals surface area contributed by atoms with Crippen molar-refractivity contribution in [3.05, 3.63) is 21.7 Å². The lowest BCUT2D eigenvalue weighted by Crippen LogP contribution is -1.95. The molecular weight excluding hydrogens is 272 g/mol. The van der Waals surface area contributed by atoms with E-state index in [1.54, 1.807) is 0 Å². The molecule has 1 rings (SSSR count). The molecule has 0 fully saturated rings. The molecule has 1 aliphatic carbocycles. The molecule has 0 saturated heterocycles. The molecule has 0 spiro atoms. The summed E-state index contributed by atoms with van der Waals surface area (Å²) < 4.78 is 0.727. The molecule has 0 heterocycles. The van der Waals surface area contributed by atoms with Gasteiger partial charge in [-0.1, -0.05) is 43.9 Å². The van der Waals surface area contributed by atoms with Crippen LogP contribution in [0.3, 0.4) is 0 Å². The Balaban J connectivity index is 2.58. The zero-order valence-corrected chi connectivity index (χ0v) is 11.8. The number of rotatable bonds is 4. The molecule has 86 valence electrons. The average molecular weight is 292 g/mol. The van der Waals surface area contributed by atoms with Crippen molar-refractivity contribution >= 4 is 27.5 Å². The molecule has 15 heavy (non-hydrogen) atoms. The highest BCUT2D eigenvalue weighted by atomic mass is 79.9. The van der Waals surface area contributed by atoms with Gasteiger partial charge in [0.25, 0.3) is 0 Å². The van der Waals surface area contributed by atoms with E-state index >= 15 is 0 Å². The largest absolute Gasteiger partial charge is 0.0836 e. The van der Waals surface area contributed by atoms with Crippen molar-refractivity contribution in [2.45, 2.75) is 51.9 Å². The maximum Gasteiger partial charge on any atom is 0.0836 e. The Bertz CT molecular complexity index is 239. The monoisotopic (exact) mass is 290 g/mol. The second-order valence-electron chi connectivity index (χ2n) is 4.32. The Morgan fingerprint density at radius 2 is 2.40 bits per heavy atom. The van der Waals surface area contributed by atoms with E-state index in [1.165, 1.54) is 50.5 Å². The zero-order valence-electron chi connectivity index (χ0n) is 9.44. The second kappa shape index (κ2) is 7.51. The molecule has 0 aromatic carbocycles. The Hall–Kier alpha value is 0.250. The van der Waals surface area contributed by atoms with E-state index in [0.29, 0.717) is 0 Å². The lowest BCUT2D eigenvalue weighted by Gasteiger charge is -2.09. The van der Waals surface area contributed by atoms with Crippen LogP contribution in [0.1, 0.15) is 51.9 Å². The van der Waals surface area contributed by atoms with E-state index in [-0.39, 0.29) is 0 Å². The van der Waals surface area contributed by atoms with Crippen molar-refractivity contribution in [2.24, 2.45) is 5.92 Å². The smallest absolute Gasteiger partial charge is 0.0781 e. The van der Waals surface area contributed by atoms with Crippen LogP contribution < -0.4 is 0 Å². The Morgan fingerprint density at radius 1 is 1.60 bits per heavy atom. The molecule has 0 N–H and O–H groups in total. The second-order valence-corrected chi connectivity index (χ2v) is 6.04. The molecule has 0 nitrogen and oxygen atoms in total. The van der Waals surface area contributed by atoms with Crippen LogP contribution in [-0.2, 0) is 0 Å². The number of hydrogen-bond acceptors (Lipinski definition) is 0. The summed E-state index contributed by atoms with van der Waals surface area (Å²) in [5, 5.41) is 0. The van der Waals surface area contributed by atoms with Gasteiger partial charge in [0, 0.05) is 0 Å². The highest BCUT2D eigenvalue weighted by Crippen LogP contribution is 2.28. The first-order valence-electron chi connectivity index (χ1n) is 5.95. The van der Waals surface area contributed by atoms with Gasteiger partial charge >= 0.3 is 0 Å². The standard InChI is InChI=1S/C13H20BrCl/c1-2-3-6-11-7-4-5-8-12(9-11)10-13(14)15/h9-11H,2-8H2,1H3/b13-10+. The Morgan fingerprint density at radius 3 is 3.07 bits per heavy atom. The van der Waals surface area contributed by atoms with Crippen LogP contribution in [0.15, 0.2) is 21.7 Å². The summed E-state index contributed by atoms with van der Waals surface area (Å²) in [6, 6.07) is 0. The maximum atomic E-state index is 5.85. The van der Waals surface area contributed by atoms with E-state index in [2.05, 4.69) is 35.0 Å². The summed E-state index contributed by atoms with van der Waals surface area (Å²) >= 11 is 9.15. The first-order valence-corrected chi connectivity index (χ1v) is 7.13. The third-order valence-corrected chi connectivity index (χ3v) is 3.30. The van der Waals surface area contributed by atoms with Crippen molar-refractivity contribution < 1.29 is 0 Å². The van der Waals surface area contributed by atoms with E-state index in [1.807, 2.05) is 0 Å². The molecule has 2 heteroatoms. The minimum atomic E-state index is 0.727. The van der Waals surface area contributed by atoms with Crippen LogP contribution in [-0.4, -0.2) is 0 Å². The van der Waals surface area contributed by atoms with E-state index < -0.39 is 0 Å². The molecule has 0 amide bonds. The quantitative estimate of drug-likeness (QED) is 0.617. The molecule has 1 atom stereocenters. The number of hydrogen-bond donors (Lipinski definition) is 0. The Labute approximate surface area is 107 Å². The summed E-state index contributed by atoms with van der Waals surface area (Å²) in [7, 11) is 0. The molecule has 0 aliphatic heterocycles. The van der Waals surface area contributed by atoms with Crippen molar-refractivity contribution in [3.8, 4) is 0 Å². The molecule has 0 bridgehead atoms. The first-order chi connectivity index (χ1) is 7.22.